The predicted molar refractivity (Wildman–Crippen MR) is 80.5 cm³/mol. The van der Waals surface area contributed by atoms with E-state index in [2.05, 4.69) is 20.5 Å². The molecule has 0 aliphatic heterocycles. The Hall–Kier alpha value is -2.90. The van der Waals surface area contributed by atoms with Crippen LogP contribution >= 0.6 is 0 Å². The van der Waals surface area contributed by atoms with E-state index in [4.69, 9.17) is 0 Å². The number of halogens is 4. The van der Waals surface area contributed by atoms with Crippen molar-refractivity contribution in [3.63, 3.8) is 0 Å². The Bertz CT molecular complexity index is 807. The molecule has 0 atom stereocenters. The van der Waals surface area contributed by atoms with E-state index >= 15 is 0 Å². The molecule has 3 aromatic rings. The van der Waals surface area contributed by atoms with Crippen LogP contribution in [0.5, 0.6) is 0 Å². The minimum absolute atomic E-state index is 0.339. The summed E-state index contributed by atoms with van der Waals surface area (Å²) in [7, 11) is 0. The van der Waals surface area contributed by atoms with Crippen molar-refractivity contribution in [1.29, 1.82) is 0 Å². The number of nitrogens with zero attached hydrogens (tertiary/aromatic N) is 2. The summed E-state index contributed by atoms with van der Waals surface area (Å²) >= 11 is 0. The molecule has 0 saturated heterocycles. The van der Waals surface area contributed by atoms with Crippen molar-refractivity contribution < 1.29 is 17.6 Å². The van der Waals surface area contributed by atoms with E-state index < -0.39 is 17.6 Å². The molecule has 124 valence electrons. The van der Waals surface area contributed by atoms with E-state index in [1.165, 1.54) is 24.3 Å². The third-order valence-corrected chi connectivity index (χ3v) is 3.41. The van der Waals surface area contributed by atoms with Gasteiger partial charge in [0, 0.05) is 12.1 Å². The highest BCUT2D eigenvalue weighted by Gasteiger charge is 2.30. The average Bonchev–Trinajstić information content (AvgIpc) is 3.02. The van der Waals surface area contributed by atoms with Gasteiger partial charge in [0.15, 0.2) is 0 Å². The van der Waals surface area contributed by atoms with Gasteiger partial charge in [-0.15, -0.1) is 0 Å². The van der Waals surface area contributed by atoms with Gasteiger partial charge in [0.05, 0.1) is 23.7 Å². The lowest BCUT2D eigenvalue weighted by Crippen LogP contribution is -2.04. The Kier molecular flexibility index (Phi) is 4.20. The molecular formula is C16H12F4N4. The summed E-state index contributed by atoms with van der Waals surface area (Å²) < 4.78 is 50.7. The summed E-state index contributed by atoms with van der Waals surface area (Å²) in [5, 5.41) is 9.70. The van der Waals surface area contributed by atoms with Crippen LogP contribution in [0.25, 0.3) is 11.3 Å². The number of aromatic nitrogens is 3. The van der Waals surface area contributed by atoms with Gasteiger partial charge < -0.3 is 5.32 Å². The summed E-state index contributed by atoms with van der Waals surface area (Å²) in [6.45, 7) is 0.339. The van der Waals surface area contributed by atoms with Crippen LogP contribution < -0.4 is 5.32 Å². The van der Waals surface area contributed by atoms with Gasteiger partial charge in [0.1, 0.15) is 11.6 Å². The Morgan fingerprint density at radius 1 is 1.00 bits per heavy atom. The molecule has 0 fully saturated rings. The summed E-state index contributed by atoms with van der Waals surface area (Å²) in [5.74, 6) is 0.0465. The number of hydrogen-bond acceptors (Lipinski definition) is 3. The monoisotopic (exact) mass is 336 g/mol. The third-order valence-electron chi connectivity index (χ3n) is 3.41. The van der Waals surface area contributed by atoms with Gasteiger partial charge in [-0.25, -0.2) is 9.37 Å². The van der Waals surface area contributed by atoms with Crippen LogP contribution in [0.15, 0.2) is 48.8 Å². The van der Waals surface area contributed by atoms with Gasteiger partial charge in [0.25, 0.3) is 0 Å². The molecule has 0 aliphatic carbocycles. The number of aromatic amines is 1. The molecule has 3 rings (SSSR count). The normalized spacial score (nSPS) is 11.5. The minimum atomic E-state index is -4.37. The highest BCUT2D eigenvalue weighted by atomic mass is 19.4. The SMILES string of the molecule is Fc1ccc(NCc2cn[nH]c2-c2ccc(C(F)(F)F)cc2)nc1. The summed E-state index contributed by atoms with van der Waals surface area (Å²) in [4.78, 5) is 3.88. The first kappa shape index (κ1) is 16.0. The fraction of sp³-hybridized carbons (Fsp3) is 0.125. The lowest BCUT2D eigenvalue weighted by Gasteiger charge is -2.09. The van der Waals surface area contributed by atoms with Crippen molar-refractivity contribution in [2.45, 2.75) is 12.7 Å². The second kappa shape index (κ2) is 6.31. The van der Waals surface area contributed by atoms with Crippen molar-refractivity contribution in [3.8, 4) is 11.3 Å². The van der Waals surface area contributed by atoms with Gasteiger partial charge in [-0.2, -0.15) is 18.3 Å². The van der Waals surface area contributed by atoms with Crippen LogP contribution in [0.3, 0.4) is 0 Å². The van der Waals surface area contributed by atoms with Crippen molar-refractivity contribution >= 4 is 5.82 Å². The number of pyridine rings is 1. The molecule has 2 N–H and O–H groups in total. The van der Waals surface area contributed by atoms with Crippen LogP contribution in [-0.4, -0.2) is 15.2 Å². The smallest absolute Gasteiger partial charge is 0.366 e. The maximum Gasteiger partial charge on any atom is 0.416 e. The van der Waals surface area contributed by atoms with Gasteiger partial charge in [-0.1, -0.05) is 12.1 Å². The molecule has 0 saturated carbocycles. The average molecular weight is 336 g/mol. The van der Waals surface area contributed by atoms with Gasteiger partial charge in [0.2, 0.25) is 0 Å². The number of hydrogen-bond donors (Lipinski definition) is 2. The molecule has 1 aromatic carbocycles. The molecule has 2 aromatic heterocycles. The van der Waals surface area contributed by atoms with Crippen LogP contribution in [0, 0.1) is 5.82 Å². The van der Waals surface area contributed by atoms with E-state index in [9.17, 15) is 17.6 Å². The van der Waals surface area contributed by atoms with Crippen molar-refractivity contribution in [1.82, 2.24) is 15.2 Å². The zero-order valence-corrected chi connectivity index (χ0v) is 12.2. The molecule has 4 nitrogen and oxygen atoms in total. The minimum Gasteiger partial charge on any atom is -0.366 e. The summed E-state index contributed by atoms with van der Waals surface area (Å²) in [6, 6.07) is 7.59. The highest BCUT2D eigenvalue weighted by Crippen LogP contribution is 2.31. The number of H-pyrrole nitrogens is 1. The van der Waals surface area contributed by atoms with E-state index in [0.29, 0.717) is 23.6 Å². The summed E-state index contributed by atoms with van der Waals surface area (Å²) in [6.07, 6.45) is -1.71. The second-order valence-corrected chi connectivity index (χ2v) is 5.06. The molecule has 0 radical (unpaired) electrons. The first-order valence-electron chi connectivity index (χ1n) is 6.99. The van der Waals surface area contributed by atoms with Crippen LogP contribution in [0.1, 0.15) is 11.1 Å². The predicted octanol–water partition coefficient (Wildman–Crippen LogP) is 4.24. The molecular weight excluding hydrogens is 324 g/mol. The van der Waals surface area contributed by atoms with Crippen LogP contribution in [0.4, 0.5) is 23.4 Å². The number of benzene rings is 1. The standard InChI is InChI=1S/C16H12F4N4/c17-13-5-6-14(22-9-13)21-7-11-8-23-24-15(11)10-1-3-12(4-2-10)16(18,19)20/h1-6,8-9H,7H2,(H,21,22)(H,23,24). The number of alkyl halides is 3. The van der Waals surface area contributed by atoms with E-state index in [1.807, 2.05) is 0 Å². The number of anilines is 1. The number of nitrogens with one attached hydrogen (secondary N) is 2. The van der Waals surface area contributed by atoms with Crippen molar-refractivity contribution in [2.75, 3.05) is 5.32 Å². The molecule has 0 aliphatic rings. The van der Waals surface area contributed by atoms with Gasteiger partial charge in [-0.3, -0.25) is 5.10 Å². The Morgan fingerprint density at radius 3 is 2.38 bits per heavy atom. The third kappa shape index (κ3) is 3.53. The van der Waals surface area contributed by atoms with E-state index in [0.717, 1.165) is 23.9 Å². The fourth-order valence-corrected chi connectivity index (χ4v) is 2.19. The van der Waals surface area contributed by atoms with E-state index in [1.54, 1.807) is 6.20 Å². The van der Waals surface area contributed by atoms with Gasteiger partial charge >= 0.3 is 6.18 Å². The molecule has 24 heavy (non-hydrogen) atoms. The zero-order chi connectivity index (χ0) is 17.2. The largest absolute Gasteiger partial charge is 0.416 e. The molecule has 0 unspecified atom stereocenters. The topological polar surface area (TPSA) is 53.6 Å². The van der Waals surface area contributed by atoms with Crippen molar-refractivity contribution in [3.05, 3.63) is 65.7 Å². The van der Waals surface area contributed by atoms with Crippen LogP contribution in [-0.2, 0) is 12.7 Å². The summed E-state index contributed by atoms with van der Waals surface area (Å²) in [5.41, 5.74) is 1.24. The maximum absolute atomic E-state index is 12.8. The zero-order valence-electron chi connectivity index (χ0n) is 12.2. The quantitative estimate of drug-likeness (QED) is 0.701. The van der Waals surface area contributed by atoms with Gasteiger partial charge in [-0.05, 0) is 29.8 Å². The Balaban J connectivity index is 1.76. The Labute approximate surface area is 134 Å². The van der Waals surface area contributed by atoms with Crippen LogP contribution in [0.2, 0.25) is 0 Å². The van der Waals surface area contributed by atoms with E-state index in [-0.39, 0.29) is 0 Å². The highest BCUT2D eigenvalue weighted by molar-refractivity contribution is 5.63. The maximum atomic E-state index is 12.8. The molecule has 0 spiro atoms. The lowest BCUT2D eigenvalue weighted by atomic mass is 10.1. The first-order chi connectivity index (χ1) is 11.4. The molecule has 0 bridgehead atoms. The first-order valence-corrected chi connectivity index (χ1v) is 6.99. The second-order valence-electron chi connectivity index (χ2n) is 5.06. The molecule has 0 amide bonds. The Morgan fingerprint density at radius 2 is 1.75 bits per heavy atom. The molecule has 8 heteroatoms. The lowest BCUT2D eigenvalue weighted by molar-refractivity contribution is -0.137. The molecule has 2 heterocycles. The number of rotatable bonds is 4. The fourth-order valence-electron chi connectivity index (χ4n) is 2.19. The van der Waals surface area contributed by atoms with Crippen molar-refractivity contribution in [2.24, 2.45) is 0 Å².